The molecule has 21 heavy (non-hydrogen) atoms. The van der Waals surface area contributed by atoms with Crippen LogP contribution in [0.2, 0.25) is 0 Å². The van der Waals surface area contributed by atoms with Crippen LogP contribution >= 0.6 is 0 Å². The van der Waals surface area contributed by atoms with Gasteiger partial charge in [0.2, 0.25) is 0 Å². The number of H-pyrrole nitrogens is 1. The lowest BCUT2D eigenvalue weighted by Gasteiger charge is -2.19. The third kappa shape index (κ3) is 4.06. The number of aliphatic hydroxyl groups excluding tert-OH is 1. The summed E-state index contributed by atoms with van der Waals surface area (Å²) in [6.45, 7) is 3.78. The van der Waals surface area contributed by atoms with Gasteiger partial charge in [0.25, 0.3) is 0 Å². The van der Waals surface area contributed by atoms with Gasteiger partial charge in [0, 0.05) is 24.5 Å². The Labute approximate surface area is 123 Å². The quantitative estimate of drug-likeness (QED) is 0.680. The summed E-state index contributed by atoms with van der Waals surface area (Å²) in [7, 11) is 0. The van der Waals surface area contributed by atoms with E-state index in [9.17, 15) is 4.79 Å². The van der Waals surface area contributed by atoms with Gasteiger partial charge in [-0.05, 0) is 36.6 Å². The molecule has 2 unspecified atom stereocenters. The lowest BCUT2D eigenvalue weighted by Crippen LogP contribution is -2.40. The second-order valence-corrected chi connectivity index (χ2v) is 5.09. The van der Waals surface area contributed by atoms with Crippen molar-refractivity contribution in [1.29, 1.82) is 0 Å². The predicted octanol–water partition coefficient (Wildman–Crippen LogP) is 2.22. The van der Waals surface area contributed by atoms with E-state index >= 15 is 0 Å². The van der Waals surface area contributed by atoms with Crippen LogP contribution in [0.5, 0.6) is 0 Å². The van der Waals surface area contributed by atoms with Crippen LogP contribution in [-0.4, -0.2) is 34.0 Å². The van der Waals surface area contributed by atoms with Crippen LogP contribution in [0.4, 0.5) is 10.5 Å². The first-order valence-corrected chi connectivity index (χ1v) is 6.88. The number of nitrogens with one attached hydrogen (secondary N) is 3. The lowest BCUT2D eigenvalue weighted by atomic mass is 10.1. The number of urea groups is 1. The highest BCUT2D eigenvalue weighted by molar-refractivity contribution is 5.89. The molecule has 2 amide bonds. The van der Waals surface area contributed by atoms with Crippen molar-refractivity contribution in [1.82, 2.24) is 15.5 Å². The van der Waals surface area contributed by atoms with Gasteiger partial charge in [-0.25, -0.2) is 4.79 Å². The van der Waals surface area contributed by atoms with Crippen LogP contribution in [0.1, 0.15) is 13.8 Å². The average Bonchev–Trinajstić information content (AvgIpc) is 3.01. The molecule has 2 atom stereocenters. The van der Waals surface area contributed by atoms with Gasteiger partial charge in [-0.3, -0.25) is 5.10 Å². The smallest absolute Gasteiger partial charge is 0.319 e. The predicted molar refractivity (Wildman–Crippen MR) is 81.9 cm³/mol. The average molecular weight is 288 g/mol. The number of hydrogen-bond donors (Lipinski definition) is 4. The number of hydrogen-bond acceptors (Lipinski definition) is 3. The Kier molecular flexibility index (Phi) is 4.94. The number of carbonyl (C=O) groups is 1. The minimum atomic E-state index is -0.280. The standard InChI is InChI=1S/C15H20N4O2/c1-10(9-20)11(2)17-15(21)18-13-5-3-12(4-6-13)14-7-8-16-19-14/h3-8,10-11,20H,9H2,1-2H3,(H,16,19)(H2,17,18,21). The highest BCUT2D eigenvalue weighted by Crippen LogP contribution is 2.18. The minimum absolute atomic E-state index is 0.0125. The van der Waals surface area contributed by atoms with Gasteiger partial charge in [-0.15, -0.1) is 0 Å². The molecule has 0 radical (unpaired) electrons. The van der Waals surface area contributed by atoms with Crippen LogP contribution in [-0.2, 0) is 0 Å². The number of anilines is 1. The second kappa shape index (κ2) is 6.90. The van der Waals surface area contributed by atoms with Crippen molar-refractivity contribution in [2.45, 2.75) is 19.9 Å². The number of amides is 2. The number of aromatic nitrogens is 2. The lowest BCUT2D eigenvalue weighted by molar-refractivity contribution is 0.204. The summed E-state index contributed by atoms with van der Waals surface area (Å²) in [5.74, 6) is 0.0125. The fourth-order valence-corrected chi connectivity index (χ4v) is 1.82. The number of benzene rings is 1. The Morgan fingerprint density at radius 2 is 2.00 bits per heavy atom. The molecule has 0 aliphatic heterocycles. The molecule has 6 heteroatoms. The number of nitrogens with zero attached hydrogens (tertiary/aromatic N) is 1. The Hall–Kier alpha value is -2.34. The van der Waals surface area contributed by atoms with Crippen molar-refractivity contribution in [2.75, 3.05) is 11.9 Å². The minimum Gasteiger partial charge on any atom is -0.396 e. The van der Waals surface area contributed by atoms with Crippen LogP contribution in [0, 0.1) is 5.92 Å². The number of carbonyl (C=O) groups excluding carboxylic acids is 1. The van der Waals surface area contributed by atoms with Crippen LogP contribution in [0.25, 0.3) is 11.3 Å². The number of aliphatic hydroxyl groups is 1. The summed E-state index contributed by atoms with van der Waals surface area (Å²) in [5.41, 5.74) is 2.64. The molecule has 1 aromatic carbocycles. The molecule has 6 nitrogen and oxygen atoms in total. The van der Waals surface area contributed by atoms with Crippen molar-refractivity contribution in [3.8, 4) is 11.3 Å². The maximum absolute atomic E-state index is 11.8. The van der Waals surface area contributed by atoms with Gasteiger partial charge in [0.05, 0.1) is 5.69 Å². The van der Waals surface area contributed by atoms with Crippen molar-refractivity contribution in [3.63, 3.8) is 0 Å². The molecule has 0 saturated heterocycles. The van der Waals surface area contributed by atoms with E-state index in [0.717, 1.165) is 11.3 Å². The van der Waals surface area contributed by atoms with Crippen molar-refractivity contribution in [3.05, 3.63) is 36.5 Å². The Morgan fingerprint density at radius 3 is 2.57 bits per heavy atom. The topological polar surface area (TPSA) is 90.0 Å². The molecule has 1 aromatic heterocycles. The number of rotatable bonds is 5. The van der Waals surface area contributed by atoms with Gasteiger partial charge >= 0.3 is 6.03 Å². The molecule has 2 aromatic rings. The molecule has 0 bridgehead atoms. The Morgan fingerprint density at radius 1 is 1.29 bits per heavy atom. The van der Waals surface area contributed by atoms with Gasteiger partial charge in [-0.2, -0.15) is 5.10 Å². The van der Waals surface area contributed by atoms with Crippen molar-refractivity contribution < 1.29 is 9.90 Å². The summed E-state index contributed by atoms with van der Waals surface area (Å²) in [5, 5.41) is 21.4. The van der Waals surface area contributed by atoms with E-state index in [1.54, 1.807) is 6.20 Å². The summed E-state index contributed by atoms with van der Waals surface area (Å²) in [6, 6.07) is 8.97. The summed E-state index contributed by atoms with van der Waals surface area (Å²) in [6.07, 6.45) is 1.69. The van der Waals surface area contributed by atoms with Gasteiger partial charge in [0.1, 0.15) is 0 Å². The largest absolute Gasteiger partial charge is 0.396 e. The fourth-order valence-electron chi connectivity index (χ4n) is 1.82. The summed E-state index contributed by atoms with van der Waals surface area (Å²) < 4.78 is 0. The molecule has 1 heterocycles. The molecule has 0 aliphatic rings. The molecular weight excluding hydrogens is 268 g/mol. The fraction of sp³-hybridized carbons (Fsp3) is 0.333. The zero-order valence-electron chi connectivity index (χ0n) is 12.1. The maximum Gasteiger partial charge on any atom is 0.319 e. The van der Waals surface area contributed by atoms with Gasteiger partial charge in [-0.1, -0.05) is 19.1 Å². The van der Waals surface area contributed by atoms with Crippen molar-refractivity contribution in [2.24, 2.45) is 5.92 Å². The first kappa shape index (κ1) is 15.1. The molecule has 0 aliphatic carbocycles. The van der Waals surface area contributed by atoms with Crippen LogP contribution in [0.15, 0.2) is 36.5 Å². The normalized spacial score (nSPS) is 13.5. The highest BCUT2D eigenvalue weighted by atomic mass is 16.3. The molecule has 112 valence electrons. The van der Waals surface area contributed by atoms with E-state index in [0.29, 0.717) is 5.69 Å². The molecule has 4 N–H and O–H groups in total. The van der Waals surface area contributed by atoms with Gasteiger partial charge in [0.15, 0.2) is 0 Å². The van der Waals surface area contributed by atoms with Crippen LogP contribution in [0.3, 0.4) is 0 Å². The first-order chi connectivity index (χ1) is 10.1. The van der Waals surface area contributed by atoms with E-state index in [-0.39, 0.29) is 24.6 Å². The van der Waals surface area contributed by atoms with E-state index in [1.165, 1.54) is 0 Å². The summed E-state index contributed by atoms with van der Waals surface area (Å²) >= 11 is 0. The highest BCUT2D eigenvalue weighted by Gasteiger charge is 2.13. The van der Waals surface area contributed by atoms with E-state index in [4.69, 9.17) is 5.11 Å². The molecule has 0 saturated carbocycles. The SMILES string of the molecule is CC(CO)C(C)NC(=O)Nc1ccc(-c2ccn[nH]2)cc1. The molecule has 0 spiro atoms. The second-order valence-electron chi connectivity index (χ2n) is 5.09. The molecule has 0 fully saturated rings. The Balaban J connectivity index is 1.93. The number of aromatic amines is 1. The third-order valence-corrected chi connectivity index (χ3v) is 3.45. The third-order valence-electron chi connectivity index (χ3n) is 3.45. The van der Waals surface area contributed by atoms with Crippen LogP contribution < -0.4 is 10.6 Å². The Bertz CT molecular complexity index is 566. The van der Waals surface area contributed by atoms with Crippen molar-refractivity contribution >= 4 is 11.7 Å². The zero-order valence-corrected chi connectivity index (χ0v) is 12.1. The molecule has 2 rings (SSSR count). The van der Waals surface area contributed by atoms with Gasteiger partial charge < -0.3 is 15.7 Å². The summed E-state index contributed by atoms with van der Waals surface area (Å²) in [4.78, 5) is 11.8. The monoisotopic (exact) mass is 288 g/mol. The first-order valence-electron chi connectivity index (χ1n) is 6.88. The zero-order chi connectivity index (χ0) is 15.2. The van der Waals surface area contributed by atoms with E-state index in [1.807, 2.05) is 44.2 Å². The van der Waals surface area contributed by atoms with E-state index in [2.05, 4.69) is 20.8 Å². The molecular formula is C15H20N4O2. The van der Waals surface area contributed by atoms with E-state index < -0.39 is 0 Å². The maximum atomic E-state index is 11.8.